The lowest BCUT2D eigenvalue weighted by Crippen LogP contribution is -2.60. The zero-order chi connectivity index (χ0) is 31.6. The molecule has 0 radical (unpaired) electrons. The van der Waals surface area contributed by atoms with Crippen LogP contribution in [0, 0.1) is 11.3 Å². The number of halogens is 3. The third-order valence-electron chi connectivity index (χ3n) is 8.52. The molecule has 0 aliphatic carbocycles. The summed E-state index contributed by atoms with van der Waals surface area (Å²) < 4.78 is 63.5. The lowest BCUT2D eigenvalue weighted by Gasteiger charge is -2.50. The fourth-order valence-corrected chi connectivity index (χ4v) is 6.65. The van der Waals surface area contributed by atoms with E-state index in [9.17, 15) is 31.2 Å². The van der Waals surface area contributed by atoms with Gasteiger partial charge in [-0.15, -0.1) is 0 Å². The van der Waals surface area contributed by atoms with Gasteiger partial charge in [-0.05, 0) is 47.4 Å². The number of carbonyl (C=O) groups excluding carboxylic acids is 2. The molecule has 2 saturated heterocycles. The maximum absolute atomic E-state index is 13.7. The number of carbonyl (C=O) groups is 2. The van der Waals surface area contributed by atoms with E-state index in [1.54, 1.807) is 23.8 Å². The molecule has 4 rings (SSSR count). The molecule has 0 aromatic heterocycles. The number of nitrogens with zero attached hydrogens (tertiary/aromatic N) is 3. The molecule has 43 heavy (non-hydrogen) atoms. The van der Waals surface area contributed by atoms with Crippen LogP contribution in [0.5, 0.6) is 0 Å². The predicted octanol–water partition coefficient (Wildman–Crippen LogP) is 5.25. The maximum atomic E-state index is 13.7. The molecular weight excluding hydrogens is 581 g/mol. The summed E-state index contributed by atoms with van der Waals surface area (Å²) >= 11 is 0. The number of hydrogen-bond donors (Lipinski definition) is 1. The van der Waals surface area contributed by atoms with Crippen LogP contribution in [-0.2, 0) is 19.6 Å². The molecule has 12 heteroatoms. The van der Waals surface area contributed by atoms with E-state index in [-0.39, 0.29) is 40.9 Å². The number of sulfonamides is 1. The van der Waals surface area contributed by atoms with E-state index in [0.29, 0.717) is 39.1 Å². The quantitative estimate of drug-likeness (QED) is 0.456. The van der Waals surface area contributed by atoms with E-state index >= 15 is 0 Å². The van der Waals surface area contributed by atoms with Gasteiger partial charge >= 0.3 is 15.5 Å². The van der Waals surface area contributed by atoms with Gasteiger partial charge in [0.05, 0.1) is 6.04 Å². The lowest BCUT2D eigenvalue weighted by atomic mass is 9.82. The Morgan fingerprint density at radius 2 is 1.49 bits per heavy atom. The van der Waals surface area contributed by atoms with Crippen LogP contribution in [0.15, 0.2) is 54.6 Å². The number of nitrogens with one attached hydrogen (secondary N) is 1. The number of hydrogen-bond acceptors (Lipinski definition) is 5. The van der Waals surface area contributed by atoms with Crippen molar-refractivity contribution in [1.82, 2.24) is 14.7 Å². The van der Waals surface area contributed by atoms with Crippen molar-refractivity contribution in [2.45, 2.75) is 64.5 Å². The average Bonchev–Trinajstić information content (AvgIpc) is 2.93. The minimum Gasteiger partial charge on any atom is -0.343 e. The summed E-state index contributed by atoms with van der Waals surface area (Å²) in [6.45, 7) is 11.0. The Hall–Kier alpha value is -3.12. The molecule has 2 amide bonds. The Morgan fingerprint density at radius 1 is 0.907 bits per heavy atom. The first-order valence-electron chi connectivity index (χ1n) is 14.6. The van der Waals surface area contributed by atoms with Gasteiger partial charge in [0.1, 0.15) is 0 Å². The van der Waals surface area contributed by atoms with Gasteiger partial charge in [-0.3, -0.25) is 19.2 Å². The fourth-order valence-electron chi connectivity index (χ4n) is 6.09. The molecule has 0 bridgehead atoms. The van der Waals surface area contributed by atoms with Crippen molar-refractivity contribution in [2.24, 2.45) is 11.3 Å². The van der Waals surface area contributed by atoms with Crippen LogP contribution in [0.2, 0.25) is 0 Å². The number of alkyl halides is 3. The van der Waals surface area contributed by atoms with Crippen LogP contribution in [-0.4, -0.2) is 79.2 Å². The molecule has 2 fully saturated rings. The van der Waals surface area contributed by atoms with Gasteiger partial charge in [-0.2, -0.15) is 21.6 Å². The molecular formula is C31H41F3N4O4S. The maximum Gasteiger partial charge on any atom is 0.516 e. The van der Waals surface area contributed by atoms with Crippen LogP contribution in [0.4, 0.5) is 18.9 Å². The summed E-state index contributed by atoms with van der Waals surface area (Å²) in [5.74, 6) is 0.435. The number of amides is 2. The number of piperazine rings is 1. The van der Waals surface area contributed by atoms with Crippen LogP contribution >= 0.6 is 0 Å². The minimum atomic E-state index is -5.53. The van der Waals surface area contributed by atoms with E-state index in [0.717, 1.165) is 24.0 Å². The van der Waals surface area contributed by atoms with Gasteiger partial charge in [0, 0.05) is 57.8 Å². The zero-order valence-electron chi connectivity index (χ0n) is 25.1. The van der Waals surface area contributed by atoms with Crippen LogP contribution < -0.4 is 4.72 Å². The van der Waals surface area contributed by atoms with E-state index < -0.39 is 15.5 Å². The highest BCUT2D eigenvalue weighted by molar-refractivity contribution is 7.93. The molecule has 0 spiro atoms. The summed E-state index contributed by atoms with van der Waals surface area (Å²) in [5.41, 5.74) is -4.04. The number of piperidine rings is 1. The second-order valence-electron chi connectivity index (χ2n) is 12.6. The third kappa shape index (κ3) is 7.89. The first kappa shape index (κ1) is 32.8. The lowest BCUT2D eigenvalue weighted by molar-refractivity contribution is -0.141. The van der Waals surface area contributed by atoms with Crippen molar-refractivity contribution in [3.05, 3.63) is 65.7 Å². The molecule has 2 heterocycles. The minimum absolute atomic E-state index is 0.0684. The van der Waals surface area contributed by atoms with Crippen molar-refractivity contribution in [3.63, 3.8) is 0 Å². The molecule has 2 aliphatic rings. The Kier molecular flexibility index (Phi) is 9.80. The highest BCUT2D eigenvalue weighted by atomic mass is 32.2. The smallest absolute Gasteiger partial charge is 0.343 e. The molecule has 2 aliphatic heterocycles. The molecule has 1 unspecified atom stereocenters. The highest BCUT2D eigenvalue weighted by Gasteiger charge is 2.46. The van der Waals surface area contributed by atoms with Crippen molar-refractivity contribution < 1.29 is 31.2 Å². The van der Waals surface area contributed by atoms with E-state index in [1.165, 1.54) is 12.1 Å². The van der Waals surface area contributed by atoms with Crippen molar-refractivity contribution >= 4 is 27.5 Å². The number of likely N-dealkylation sites (tertiary alicyclic amines) is 1. The topological polar surface area (TPSA) is 90.0 Å². The fraction of sp³-hybridized carbons (Fsp3) is 0.548. The van der Waals surface area contributed by atoms with E-state index in [2.05, 4.69) is 25.7 Å². The van der Waals surface area contributed by atoms with Crippen molar-refractivity contribution in [3.8, 4) is 0 Å². The van der Waals surface area contributed by atoms with E-state index in [4.69, 9.17) is 0 Å². The summed E-state index contributed by atoms with van der Waals surface area (Å²) in [6.07, 6.45) is 2.09. The van der Waals surface area contributed by atoms with Gasteiger partial charge < -0.3 is 9.80 Å². The number of benzene rings is 2. The van der Waals surface area contributed by atoms with Crippen LogP contribution in [0.25, 0.3) is 0 Å². The normalized spacial score (nSPS) is 20.1. The summed E-state index contributed by atoms with van der Waals surface area (Å²) in [6, 6.07) is 15.3. The van der Waals surface area contributed by atoms with Gasteiger partial charge in [-0.25, -0.2) is 0 Å². The van der Waals surface area contributed by atoms with Crippen molar-refractivity contribution in [2.75, 3.05) is 37.4 Å². The first-order chi connectivity index (χ1) is 20.1. The standard InChI is InChI=1S/C31H41F3N4O4S/c1-22(39)36-16-14-23(15-17-36)20-28(40)38-19-18-37(21-27(38)30(2,3)4)29(24-8-6-5-7-9-24)25-10-12-26(13-11-25)35-43(41,42)31(32,33)34/h5-13,23,27,29,35H,14-21H2,1-4H3/t27-,29?/m1/s1. The predicted molar refractivity (Wildman–Crippen MR) is 159 cm³/mol. The van der Waals surface area contributed by atoms with Gasteiger partial charge in [0.2, 0.25) is 11.8 Å². The summed E-state index contributed by atoms with van der Waals surface area (Å²) in [7, 11) is -5.53. The number of anilines is 1. The third-order valence-corrected chi connectivity index (χ3v) is 9.63. The Labute approximate surface area is 252 Å². The molecule has 236 valence electrons. The largest absolute Gasteiger partial charge is 0.516 e. The molecule has 1 N–H and O–H groups in total. The molecule has 2 atom stereocenters. The molecule has 0 saturated carbocycles. The molecule has 8 nitrogen and oxygen atoms in total. The summed E-state index contributed by atoms with van der Waals surface area (Å²) in [5, 5.41) is 0. The highest BCUT2D eigenvalue weighted by Crippen LogP contribution is 2.36. The average molecular weight is 623 g/mol. The Bertz CT molecular complexity index is 1370. The number of rotatable bonds is 7. The molecule has 2 aromatic rings. The van der Waals surface area contributed by atoms with Gasteiger partial charge in [-0.1, -0.05) is 63.2 Å². The Balaban J connectivity index is 1.54. The first-order valence-corrected chi connectivity index (χ1v) is 16.1. The van der Waals surface area contributed by atoms with Crippen LogP contribution in [0.3, 0.4) is 0 Å². The Morgan fingerprint density at radius 3 is 2.02 bits per heavy atom. The monoisotopic (exact) mass is 622 g/mol. The SMILES string of the molecule is CC(=O)N1CCC(CC(=O)N2CCN(C(c3ccccc3)c3ccc(NS(=O)(=O)C(F)(F)F)cc3)C[C@@H]2C(C)(C)C)CC1. The zero-order valence-corrected chi connectivity index (χ0v) is 25.9. The molecule has 2 aromatic carbocycles. The second kappa shape index (κ2) is 12.9. The van der Waals surface area contributed by atoms with Gasteiger partial charge in [0.15, 0.2) is 0 Å². The van der Waals surface area contributed by atoms with Crippen molar-refractivity contribution in [1.29, 1.82) is 0 Å². The second-order valence-corrected chi connectivity index (χ2v) is 14.3. The summed E-state index contributed by atoms with van der Waals surface area (Å²) in [4.78, 5) is 31.5. The van der Waals surface area contributed by atoms with E-state index in [1.807, 2.05) is 40.1 Å². The van der Waals surface area contributed by atoms with Crippen LogP contribution in [0.1, 0.15) is 64.1 Å². The van der Waals surface area contributed by atoms with Gasteiger partial charge in [0.25, 0.3) is 0 Å².